The summed E-state index contributed by atoms with van der Waals surface area (Å²) in [6.45, 7) is 0.697. The standard InChI is InChI=1S/C23H19FN4O4/c24-19-11-17(28(29)30)6-7-21(19)32-22-10-16-14-26-27(23-5-1-2-9-31-23)20(16)12-18(22)15-4-3-8-25-13-15/h3-4,6-8,10-14,23H,1-2,5,9H2. The van der Waals surface area contributed by atoms with Gasteiger partial charge in [0.1, 0.15) is 5.75 Å². The molecule has 2 aromatic carbocycles. The van der Waals surface area contributed by atoms with Crippen LogP contribution in [0.5, 0.6) is 11.5 Å². The second-order valence-corrected chi connectivity index (χ2v) is 7.53. The Morgan fingerprint density at radius 2 is 2.06 bits per heavy atom. The van der Waals surface area contributed by atoms with Gasteiger partial charge in [-0.05, 0) is 43.5 Å². The van der Waals surface area contributed by atoms with Gasteiger partial charge in [0.2, 0.25) is 0 Å². The molecule has 162 valence electrons. The molecule has 9 heteroatoms. The third-order valence-electron chi connectivity index (χ3n) is 5.44. The maximum Gasteiger partial charge on any atom is 0.272 e. The number of nitro groups is 1. The molecule has 1 aliphatic heterocycles. The van der Waals surface area contributed by atoms with Crippen LogP contribution in [0.1, 0.15) is 25.5 Å². The lowest BCUT2D eigenvalue weighted by Crippen LogP contribution is -2.18. The Kier molecular flexibility index (Phi) is 5.24. The molecule has 0 N–H and O–H groups in total. The Labute approximate surface area is 182 Å². The van der Waals surface area contributed by atoms with E-state index in [9.17, 15) is 14.5 Å². The van der Waals surface area contributed by atoms with E-state index in [1.807, 2.05) is 16.8 Å². The van der Waals surface area contributed by atoms with E-state index in [2.05, 4.69) is 10.1 Å². The van der Waals surface area contributed by atoms with Crippen LogP contribution in [0.15, 0.2) is 61.1 Å². The largest absolute Gasteiger partial charge is 0.454 e. The van der Waals surface area contributed by atoms with E-state index < -0.39 is 10.7 Å². The summed E-state index contributed by atoms with van der Waals surface area (Å²) in [7, 11) is 0. The fraction of sp³-hybridized carbons (Fsp3) is 0.217. The number of aromatic nitrogens is 3. The van der Waals surface area contributed by atoms with Gasteiger partial charge in [0.25, 0.3) is 5.69 Å². The van der Waals surface area contributed by atoms with Crippen LogP contribution < -0.4 is 4.74 Å². The van der Waals surface area contributed by atoms with Crippen LogP contribution in [-0.4, -0.2) is 26.3 Å². The highest BCUT2D eigenvalue weighted by Gasteiger charge is 2.21. The summed E-state index contributed by atoms with van der Waals surface area (Å²) in [5.41, 5.74) is 2.00. The first-order valence-corrected chi connectivity index (χ1v) is 10.3. The van der Waals surface area contributed by atoms with Gasteiger partial charge in [-0.2, -0.15) is 5.10 Å². The molecule has 0 saturated carbocycles. The van der Waals surface area contributed by atoms with E-state index in [-0.39, 0.29) is 17.7 Å². The van der Waals surface area contributed by atoms with E-state index in [0.29, 0.717) is 17.9 Å². The van der Waals surface area contributed by atoms with E-state index in [1.54, 1.807) is 30.7 Å². The third kappa shape index (κ3) is 3.78. The summed E-state index contributed by atoms with van der Waals surface area (Å²) < 4.78 is 28.2. The average Bonchev–Trinajstić information content (AvgIpc) is 3.23. The van der Waals surface area contributed by atoms with Crippen molar-refractivity contribution < 1.29 is 18.8 Å². The molecule has 0 aliphatic carbocycles. The van der Waals surface area contributed by atoms with Crippen molar-refractivity contribution in [2.75, 3.05) is 6.61 Å². The van der Waals surface area contributed by atoms with Gasteiger partial charge in [-0.15, -0.1) is 0 Å². The first-order valence-electron chi connectivity index (χ1n) is 10.3. The third-order valence-corrected chi connectivity index (χ3v) is 5.44. The number of benzene rings is 2. The van der Waals surface area contributed by atoms with Crippen molar-refractivity contribution in [1.29, 1.82) is 0 Å². The molecular formula is C23H19FN4O4. The van der Waals surface area contributed by atoms with Gasteiger partial charge in [0, 0.05) is 41.6 Å². The van der Waals surface area contributed by atoms with E-state index >= 15 is 0 Å². The molecule has 4 aromatic rings. The minimum absolute atomic E-state index is 0.108. The first-order chi connectivity index (χ1) is 15.6. The molecular weight excluding hydrogens is 415 g/mol. The van der Waals surface area contributed by atoms with Gasteiger partial charge in [-0.1, -0.05) is 6.07 Å². The second kappa shape index (κ2) is 8.35. The fourth-order valence-corrected chi connectivity index (χ4v) is 3.86. The number of nitrogens with zero attached hydrogens (tertiary/aromatic N) is 4. The van der Waals surface area contributed by atoms with Crippen LogP contribution >= 0.6 is 0 Å². The minimum Gasteiger partial charge on any atom is -0.454 e. The van der Waals surface area contributed by atoms with E-state index in [4.69, 9.17) is 9.47 Å². The van der Waals surface area contributed by atoms with Crippen molar-refractivity contribution in [3.63, 3.8) is 0 Å². The van der Waals surface area contributed by atoms with Gasteiger partial charge in [-0.25, -0.2) is 9.07 Å². The number of ether oxygens (including phenoxy) is 2. The highest BCUT2D eigenvalue weighted by molar-refractivity contribution is 5.88. The lowest BCUT2D eigenvalue weighted by atomic mass is 10.0. The molecule has 0 amide bonds. The highest BCUT2D eigenvalue weighted by Crippen LogP contribution is 2.39. The number of halogens is 1. The summed E-state index contributed by atoms with van der Waals surface area (Å²) in [6, 6.07) is 10.7. The molecule has 1 atom stereocenters. The van der Waals surface area contributed by atoms with Crippen LogP contribution in [0.3, 0.4) is 0 Å². The maximum absolute atomic E-state index is 14.5. The molecule has 1 aliphatic rings. The number of fused-ring (bicyclic) bond motifs is 1. The molecule has 2 aromatic heterocycles. The number of hydrogen-bond acceptors (Lipinski definition) is 6. The Morgan fingerprint density at radius 3 is 2.78 bits per heavy atom. The zero-order chi connectivity index (χ0) is 22.1. The quantitative estimate of drug-likeness (QED) is 0.298. The highest BCUT2D eigenvalue weighted by atomic mass is 19.1. The number of pyridine rings is 1. The van der Waals surface area contributed by atoms with Gasteiger partial charge >= 0.3 is 0 Å². The Morgan fingerprint density at radius 1 is 1.16 bits per heavy atom. The lowest BCUT2D eigenvalue weighted by Gasteiger charge is -2.23. The summed E-state index contributed by atoms with van der Waals surface area (Å²) >= 11 is 0. The van der Waals surface area contributed by atoms with Crippen LogP contribution in [0.25, 0.3) is 22.0 Å². The van der Waals surface area contributed by atoms with Crippen molar-refractivity contribution in [2.45, 2.75) is 25.5 Å². The van der Waals surface area contributed by atoms with E-state index in [1.165, 1.54) is 12.1 Å². The molecule has 32 heavy (non-hydrogen) atoms. The molecule has 3 heterocycles. The molecule has 0 radical (unpaired) electrons. The van der Waals surface area contributed by atoms with Crippen molar-refractivity contribution in [1.82, 2.24) is 14.8 Å². The Balaban J connectivity index is 1.61. The molecule has 0 bridgehead atoms. The predicted molar refractivity (Wildman–Crippen MR) is 115 cm³/mol. The summed E-state index contributed by atoms with van der Waals surface area (Å²) in [5.74, 6) is -0.534. The molecule has 1 saturated heterocycles. The average molecular weight is 434 g/mol. The Bertz CT molecular complexity index is 1290. The topological polar surface area (TPSA) is 92.3 Å². The molecule has 1 unspecified atom stereocenters. The fourth-order valence-electron chi connectivity index (χ4n) is 3.86. The number of nitro benzene ring substituents is 1. The van der Waals surface area contributed by atoms with Gasteiger partial charge < -0.3 is 9.47 Å². The minimum atomic E-state index is -0.817. The molecule has 0 spiro atoms. The van der Waals surface area contributed by atoms with Crippen molar-refractivity contribution in [3.05, 3.63) is 77.0 Å². The smallest absolute Gasteiger partial charge is 0.272 e. The first kappa shape index (κ1) is 20.1. The van der Waals surface area contributed by atoms with Crippen LogP contribution in [0.2, 0.25) is 0 Å². The molecule has 8 nitrogen and oxygen atoms in total. The molecule has 5 rings (SSSR count). The van der Waals surface area contributed by atoms with Gasteiger partial charge in [-0.3, -0.25) is 15.1 Å². The normalized spacial score (nSPS) is 16.2. The number of hydrogen-bond donors (Lipinski definition) is 0. The van der Waals surface area contributed by atoms with Crippen LogP contribution in [0, 0.1) is 15.9 Å². The number of rotatable bonds is 5. The van der Waals surface area contributed by atoms with Gasteiger partial charge in [0.15, 0.2) is 17.8 Å². The van der Waals surface area contributed by atoms with Crippen LogP contribution in [-0.2, 0) is 4.74 Å². The summed E-state index contributed by atoms with van der Waals surface area (Å²) in [6.07, 6.45) is 7.93. The summed E-state index contributed by atoms with van der Waals surface area (Å²) in [4.78, 5) is 14.4. The SMILES string of the molecule is O=[N+]([O-])c1ccc(Oc2cc3cnn(C4CCCCO4)c3cc2-c2cccnc2)c(F)c1. The number of non-ortho nitro benzene ring substituents is 1. The van der Waals surface area contributed by atoms with Crippen molar-refractivity contribution >= 4 is 16.6 Å². The second-order valence-electron chi connectivity index (χ2n) is 7.53. The maximum atomic E-state index is 14.5. The van der Waals surface area contributed by atoms with E-state index in [0.717, 1.165) is 41.8 Å². The molecule has 1 fully saturated rings. The predicted octanol–water partition coefficient (Wildman–Crippen LogP) is 5.64. The lowest BCUT2D eigenvalue weighted by molar-refractivity contribution is -0.385. The van der Waals surface area contributed by atoms with Crippen LogP contribution in [0.4, 0.5) is 10.1 Å². The van der Waals surface area contributed by atoms with Gasteiger partial charge in [0.05, 0.1) is 22.7 Å². The summed E-state index contributed by atoms with van der Waals surface area (Å²) in [5, 5.41) is 16.2. The monoisotopic (exact) mass is 434 g/mol. The van der Waals surface area contributed by atoms with Crippen molar-refractivity contribution in [3.8, 4) is 22.6 Å². The zero-order valence-electron chi connectivity index (χ0n) is 17.0. The van der Waals surface area contributed by atoms with Crippen molar-refractivity contribution in [2.24, 2.45) is 0 Å². The Hall–Kier alpha value is -3.85. The zero-order valence-corrected chi connectivity index (χ0v) is 17.0.